The van der Waals surface area contributed by atoms with Crippen LogP contribution in [0, 0.1) is 32.6 Å². The molecule has 33 heavy (non-hydrogen) atoms. The number of aryl methyl sites for hydroxylation is 3. The van der Waals surface area contributed by atoms with E-state index in [9.17, 15) is 9.59 Å². The molecule has 0 radical (unpaired) electrons. The lowest BCUT2D eigenvalue weighted by Gasteiger charge is -2.34. The number of rotatable bonds is 6. The van der Waals surface area contributed by atoms with Crippen molar-refractivity contribution in [3.63, 3.8) is 0 Å². The minimum atomic E-state index is -0.100. The number of likely N-dealkylation sites (tertiary alicyclic amines) is 1. The number of aromatic nitrogens is 1. The van der Waals surface area contributed by atoms with Crippen molar-refractivity contribution in [2.24, 2.45) is 11.8 Å². The van der Waals surface area contributed by atoms with Gasteiger partial charge in [-0.3, -0.25) is 9.59 Å². The van der Waals surface area contributed by atoms with Crippen molar-refractivity contribution in [1.29, 1.82) is 0 Å². The summed E-state index contributed by atoms with van der Waals surface area (Å²) in [4.78, 5) is 33.1. The number of carbonyl (C=O) groups is 2. The number of hydrogen-bond donors (Lipinski definition) is 1. The van der Waals surface area contributed by atoms with Gasteiger partial charge in [0.1, 0.15) is 21.4 Å². The Morgan fingerprint density at radius 2 is 1.82 bits per heavy atom. The largest absolute Gasteiger partial charge is 0.465 e. The number of nitrogens with zero attached hydrogens (tertiary/aromatic N) is 2. The van der Waals surface area contributed by atoms with Gasteiger partial charge in [-0.2, -0.15) is 0 Å². The van der Waals surface area contributed by atoms with Gasteiger partial charge in [-0.25, -0.2) is 4.98 Å². The van der Waals surface area contributed by atoms with E-state index in [-0.39, 0.29) is 23.7 Å². The molecule has 0 bridgehead atoms. The summed E-state index contributed by atoms with van der Waals surface area (Å²) in [6, 6.07) is 12.0. The zero-order valence-electron chi connectivity index (χ0n) is 19.7. The first kappa shape index (κ1) is 23.2. The molecule has 0 spiro atoms. The lowest BCUT2D eigenvalue weighted by atomic mass is 9.85. The third-order valence-corrected chi connectivity index (χ3v) is 7.66. The first-order valence-electron chi connectivity index (χ1n) is 11.5. The van der Waals surface area contributed by atoms with E-state index in [1.54, 1.807) is 0 Å². The van der Waals surface area contributed by atoms with Crippen molar-refractivity contribution < 1.29 is 14.0 Å². The molecular formula is C26H31N3O3S. The number of carbonyl (C=O) groups excluding carboxylic acids is 2. The Morgan fingerprint density at radius 3 is 2.45 bits per heavy atom. The van der Waals surface area contributed by atoms with Crippen LogP contribution in [0.2, 0.25) is 0 Å². The summed E-state index contributed by atoms with van der Waals surface area (Å²) in [5, 5.41) is 3.86. The number of benzene rings is 1. The molecule has 1 N–H and O–H groups in total. The van der Waals surface area contributed by atoms with Gasteiger partial charge in [0.15, 0.2) is 0 Å². The highest BCUT2D eigenvalue weighted by Gasteiger charge is 2.31. The second-order valence-electron chi connectivity index (χ2n) is 8.95. The summed E-state index contributed by atoms with van der Waals surface area (Å²) in [5.41, 5.74) is 3.02. The SMILES string of the molecule is Cc1ccc(-c2nc(C)c(C(=O)N3CCC([C@H](C)C(=O)NCc4ccc(C)o4)CC3)s2)cc1. The zero-order chi connectivity index (χ0) is 23.5. The van der Waals surface area contributed by atoms with Crippen LogP contribution in [0.15, 0.2) is 40.8 Å². The van der Waals surface area contributed by atoms with Crippen LogP contribution >= 0.6 is 11.3 Å². The monoisotopic (exact) mass is 465 g/mol. The van der Waals surface area contributed by atoms with Crippen LogP contribution in [-0.2, 0) is 11.3 Å². The molecule has 1 aliphatic rings. The fraction of sp³-hybridized carbons (Fsp3) is 0.423. The highest BCUT2D eigenvalue weighted by atomic mass is 32.1. The van der Waals surface area contributed by atoms with E-state index in [4.69, 9.17) is 4.42 Å². The zero-order valence-corrected chi connectivity index (χ0v) is 20.5. The molecule has 3 aromatic rings. The van der Waals surface area contributed by atoms with Crippen molar-refractivity contribution in [3.05, 3.63) is 64.1 Å². The molecule has 0 unspecified atom stereocenters. The average Bonchev–Trinajstić information content (AvgIpc) is 3.42. The molecule has 174 valence electrons. The third-order valence-electron chi connectivity index (χ3n) is 6.47. The highest BCUT2D eigenvalue weighted by molar-refractivity contribution is 7.17. The molecule has 1 saturated heterocycles. The molecule has 0 aliphatic carbocycles. The Morgan fingerprint density at radius 1 is 1.12 bits per heavy atom. The van der Waals surface area contributed by atoms with Crippen molar-refractivity contribution in [3.8, 4) is 10.6 Å². The molecule has 2 amide bonds. The Kier molecular flexibility index (Phi) is 6.98. The van der Waals surface area contributed by atoms with E-state index in [1.165, 1.54) is 16.9 Å². The van der Waals surface area contributed by atoms with E-state index in [1.807, 2.05) is 49.9 Å². The standard InChI is InChI=1S/C26H31N3O3S/c1-16-5-8-21(9-6-16)25-28-19(4)23(33-25)26(31)29-13-11-20(12-14-29)18(3)24(30)27-15-22-10-7-17(2)32-22/h5-10,18,20H,11-15H2,1-4H3,(H,27,30)/t18-/m0/s1. The Balaban J connectivity index is 1.32. The van der Waals surface area contributed by atoms with Crippen molar-refractivity contribution in [1.82, 2.24) is 15.2 Å². The second-order valence-corrected chi connectivity index (χ2v) is 9.95. The Hall–Kier alpha value is -2.93. The van der Waals surface area contributed by atoms with Crippen LogP contribution in [0.4, 0.5) is 0 Å². The average molecular weight is 466 g/mol. The molecule has 1 aliphatic heterocycles. The fourth-order valence-corrected chi connectivity index (χ4v) is 5.33. The van der Waals surface area contributed by atoms with Gasteiger partial charge in [0.05, 0.1) is 12.2 Å². The first-order valence-corrected chi connectivity index (χ1v) is 12.3. The van der Waals surface area contributed by atoms with E-state index < -0.39 is 0 Å². The Bertz CT molecular complexity index is 1120. The van der Waals surface area contributed by atoms with Crippen LogP contribution < -0.4 is 5.32 Å². The summed E-state index contributed by atoms with van der Waals surface area (Å²) in [7, 11) is 0. The van der Waals surface area contributed by atoms with E-state index >= 15 is 0 Å². The Labute approximate surface area is 199 Å². The number of furan rings is 1. The summed E-state index contributed by atoms with van der Waals surface area (Å²) >= 11 is 1.46. The smallest absolute Gasteiger partial charge is 0.265 e. The minimum Gasteiger partial charge on any atom is -0.465 e. The van der Waals surface area contributed by atoms with Crippen LogP contribution in [-0.4, -0.2) is 34.8 Å². The summed E-state index contributed by atoms with van der Waals surface area (Å²) in [5.74, 6) is 1.85. The molecule has 1 fully saturated rings. The molecule has 4 rings (SSSR count). The van der Waals surface area contributed by atoms with Crippen LogP contribution in [0.3, 0.4) is 0 Å². The van der Waals surface area contributed by atoms with E-state index in [2.05, 4.69) is 29.4 Å². The van der Waals surface area contributed by atoms with Crippen LogP contribution in [0.25, 0.3) is 10.6 Å². The number of nitrogens with one attached hydrogen (secondary N) is 1. The van der Waals surface area contributed by atoms with Crippen molar-refractivity contribution in [2.45, 2.75) is 47.1 Å². The maximum absolute atomic E-state index is 13.2. The molecule has 1 aromatic carbocycles. The van der Waals surface area contributed by atoms with Gasteiger partial charge in [0.2, 0.25) is 5.91 Å². The summed E-state index contributed by atoms with van der Waals surface area (Å²) < 4.78 is 5.52. The maximum atomic E-state index is 13.2. The van der Waals surface area contributed by atoms with Crippen LogP contribution in [0.1, 0.15) is 52.2 Å². The molecular weight excluding hydrogens is 434 g/mol. The number of piperidine rings is 1. The van der Waals surface area contributed by atoms with Crippen molar-refractivity contribution >= 4 is 23.2 Å². The number of amides is 2. The molecule has 6 nitrogen and oxygen atoms in total. The predicted octanol–water partition coefficient (Wildman–Crippen LogP) is 5.13. The highest BCUT2D eigenvalue weighted by Crippen LogP contribution is 2.31. The van der Waals surface area contributed by atoms with Gasteiger partial charge >= 0.3 is 0 Å². The lowest BCUT2D eigenvalue weighted by Crippen LogP contribution is -2.42. The normalized spacial score (nSPS) is 15.5. The lowest BCUT2D eigenvalue weighted by molar-refractivity contribution is -0.126. The molecule has 3 heterocycles. The fourth-order valence-electron chi connectivity index (χ4n) is 4.29. The van der Waals surface area contributed by atoms with E-state index in [0.717, 1.165) is 40.6 Å². The quantitative estimate of drug-likeness (QED) is 0.547. The number of hydrogen-bond acceptors (Lipinski definition) is 5. The van der Waals surface area contributed by atoms with Gasteiger partial charge in [0, 0.05) is 24.6 Å². The van der Waals surface area contributed by atoms with Gasteiger partial charge in [0.25, 0.3) is 5.91 Å². The molecule has 2 aromatic heterocycles. The predicted molar refractivity (Wildman–Crippen MR) is 130 cm³/mol. The minimum absolute atomic E-state index is 0.0369. The van der Waals surface area contributed by atoms with E-state index in [0.29, 0.717) is 24.5 Å². The van der Waals surface area contributed by atoms with Gasteiger partial charge in [-0.05, 0) is 51.7 Å². The topological polar surface area (TPSA) is 75.4 Å². The third kappa shape index (κ3) is 5.36. The summed E-state index contributed by atoms with van der Waals surface area (Å²) in [6.45, 7) is 9.56. The second kappa shape index (κ2) is 9.91. The van der Waals surface area contributed by atoms with Crippen LogP contribution in [0.5, 0.6) is 0 Å². The van der Waals surface area contributed by atoms with Gasteiger partial charge < -0.3 is 14.6 Å². The number of thiazole rings is 1. The molecule has 1 atom stereocenters. The van der Waals surface area contributed by atoms with Gasteiger partial charge in [-0.1, -0.05) is 36.8 Å². The summed E-state index contributed by atoms with van der Waals surface area (Å²) in [6.07, 6.45) is 1.64. The first-order chi connectivity index (χ1) is 15.8. The van der Waals surface area contributed by atoms with Gasteiger partial charge in [-0.15, -0.1) is 11.3 Å². The maximum Gasteiger partial charge on any atom is 0.265 e. The van der Waals surface area contributed by atoms with Crippen molar-refractivity contribution in [2.75, 3.05) is 13.1 Å². The molecule has 7 heteroatoms. The molecule has 0 saturated carbocycles.